The van der Waals surface area contributed by atoms with E-state index in [9.17, 15) is 0 Å². The summed E-state index contributed by atoms with van der Waals surface area (Å²) in [5, 5.41) is 3.46. The number of nitrogens with zero attached hydrogens (tertiary/aromatic N) is 1. The van der Waals surface area contributed by atoms with Gasteiger partial charge >= 0.3 is 0 Å². The summed E-state index contributed by atoms with van der Waals surface area (Å²) in [5.41, 5.74) is 1.23. The van der Waals surface area contributed by atoms with E-state index in [0.717, 1.165) is 18.3 Å². The maximum Gasteiger partial charge on any atom is 0.0172 e. The highest BCUT2D eigenvalue weighted by Gasteiger charge is 2.16. The third kappa shape index (κ3) is 12.0. The molecule has 0 atom stereocenters. The van der Waals surface area contributed by atoms with Crippen molar-refractivity contribution in [2.45, 2.75) is 111 Å². The van der Waals surface area contributed by atoms with Crippen LogP contribution in [0.3, 0.4) is 0 Å². The minimum absolute atomic E-state index is 0. The zero-order valence-corrected chi connectivity index (χ0v) is 17.8. The first kappa shape index (κ1) is 25.5. The summed E-state index contributed by atoms with van der Waals surface area (Å²) in [6, 6.07) is 0.715. The van der Waals surface area contributed by atoms with Gasteiger partial charge in [-0.25, -0.2) is 0 Å². The lowest BCUT2D eigenvalue weighted by Gasteiger charge is -2.29. The second-order valence-corrected chi connectivity index (χ2v) is 8.78. The van der Waals surface area contributed by atoms with Crippen molar-refractivity contribution >= 4 is 0 Å². The number of rotatable bonds is 8. The third-order valence-corrected chi connectivity index (χ3v) is 6.07. The SMILES string of the molecule is C.C=C(CCC)NCC1CCCCC1.CC(C)N(C)CC1CCCCC1. The highest BCUT2D eigenvalue weighted by Crippen LogP contribution is 2.24. The second-order valence-electron chi connectivity index (χ2n) is 8.78. The molecule has 0 unspecified atom stereocenters. The number of nitrogens with one attached hydrogen (secondary N) is 1. The van der Waals surface area contributed by atoms with E-state index >= 15 is 0 Å². The molecule has 0 aromatic rings. The van der Waals surface area contributed by atoms with E-state index in [1.165, 1.54) is 89.4 Å². The van der Waals surface area contributed by atoms with Crippen molar-refractivity contribution in [2.75, 3.05) is 20.1 Å². The molecule has 0 saturated heterocycles. The largest absolute Gasteiger partial charge is 0.389 e. The molecule has 0 radical (unpaired) electrons. The van der Waals surface area contributed by atoms with Crippen LogP contribution in [0.25, 0.3) is 0 Å². The summed E-state index contributed by atoms with van der Waals surface area (Å²) in [6.45, 7) is 13.3. The average Bonchev–Trinajstić information content (AvgIpc) is 2.62. The van der Waals surface area contributed by atoms with Crippen LogP contribution in [-0.4, -0.2) is 31.1 Å². The standard InChI is InChI=1S/C12H23N.C11H23N.CH4/c1-3-7-11(2)13-10-12-8-5-4-6-9-12;1-10(2)12(3)9-11-7-5-4-6-8-11;/h12-13H,2-10H2,1H3;10-11H,4-9H2,1-3H3;1H4. The molecule has 2 saturated carbocycles. The van der Waals surface area contributed by atoms with Gasteiger partial charge in [0.15, 0.2) is 0 Å². The van der Waals surface area contributed by atoms with Crippen molar-refractivity contribution in [3.63, 3.8) is 0 Å². The van der Waals surface area contributed by atoms with Gasteiger partial charge in [-0.15, -0.1) is 0 Å². The van der Waals surface area contributed by atoms with E-state index in [-0.39, 0.29) is 7.43 Å². The molecule has 0 aromatic carbocycles. The topological polar surface area (TPSA) is 15.3 Å². The van der Waals surface area contributed by atoms with E-state index in [1.807, 2.05) is 0 Å². The van der Waals surface area contributed by atoms with Crippen LogP contribution in [-0.2, 0) is 0 Å². The van der Waals surface area contributed by atoms with Crippen molar-refractivity contribution in [3.8, 4) is 0 Å². The predicted octanol–water partition coefficient (Wildman–Crippen LogP) is 7.01. The first-order valence-electron chi connectivity index (χ1n) is 11.1. The molecule has 2 rings (SSSR count). The molecule has 0 aromatic heterocycles. The Labute approximate surface area is 166 Å². The molecule has 0 heterocycles. The monoisotopic (exact) mass is 366 g/mol. The molecule has 156 valence electrons. The van der Waals surface area contributed by atoms with Crippen molar-refractivity contribution in [1.29, 1.82) is 0 Å². The average molecular weight is 367 g/mol. The Balaban J connectivity index is 0.000000464. The van der Waals surface area contributed by atoms with Crippen molar-refractivity contribution < 1.29 is 0 Å². The van der Waals surface area contributed by atoms with E-state index in [1.54, 1.807) is 0 Å². The molecule has 2 aliphatic rings. The van der Waals surface area contributed by atoms with Crippen LogP contribution < -0.4 is 5.32 Å². The Kier molecular flexibility index (Phi) is 15.2. The minimum Gasteiger partial charge on any atom is -0.389 e. The number of hydrogen-bond donors (Lipinski definition) is 1. The molecule has 26 heavy (non-hydrogen) atoms. The zero-order chi connectivity index (χ0) is 18.5. The van der Waals surface area contributed by atoms with Gasteiger partial charge in [0, 0.05) is 24.8 Å². The quantitative estimate of drug-likeness (QED) is 0.497. The van der Waals surface area contributed by atoms with Crippen LogP contribution >= 0.6 is 0 Å². The van der Waals surface area contributed by atoms with Gasteiger partial charge < -0.3 is 10.2 Å². The fourth-order valence-corrected chi connectivity index (χ4v) is 4.06. The summed E-state index contributed by atoms with van der Waals surface area (Å²) >= 11 is 0. The van der Waals surface area contributed by atoms with Gasteiger partial charge in [-0.2, -0.15) is 0 Å². The molecular weight excluding hydrogens is 316 g/mol. The highest BCUT2D eigenvalue weighted by atomic mass is 15.1. The van der Waals surface area contributed by atoms with Gasteiger partial charge in [-0.3, -0.25) is 0 Å². The first-order chi connectivity index (χ1) is 12.0. The number of hydrogen-bond acceptors (Lipinski definition) is 2. The van der Waals surface area contributed by atoms with Crippen LogP contribution in [0.4, 0.5) is 0 Å². The lowest BCUT2D eigenvalue weighted by atomic mass is 9.89. The van der Waals surface area contributed by atoms with Gasteiger partial charge in [-0.05, 0) is 64.8 Å². The van der Waals surface area contributed by atoms with Crippen LogP contribution in [0.2, 0.25) is 0 Å². The van der Waals surface area contributed by atoms with E-state index < -0.39 is 0 Å². The van der Waals surface area contributed by atoms with Crippen LogP contribution in [0.15, 0.2) is 12.3 Å². The summed E-state index contributed by atoms with van der Waals surface area (Å²) in [4.78, 5) is 2.48. The highest BCUT2D eigenvalue weighted by molar-refractivity contribution is 4.91. The molecule has 2 aliphatic carbocycles. The predicted molar refractivity (Wildman–Crippen MR) is 120 cm³/mol. The second kappa shape index (κ2) is 15.5. The van der Waals surface area contributed by atoms with Gasteiger partial charge in [-0.1, -0.05) is 65.9 Å². The Hall–Kier alpha value is -0.500. The normalized spacial score (nSPS) is 18.8. The Morgan fingerprint density at radius 2 is 1.46 bits per heavy atom. The first-order valence-corrected chi connectivity index (χ1v) is 11.1. The molecular formula is C24H50N2. The van der Waals surface area contributed by atoms with Crippen molar-refractivity contribution in [3.05, 3.63) is 12.3 Å². The Morgan fingerprint density at radius 3 is 1.92 bits per heavy atom. The van der Waals surface area contributed by atoms with E-state index in [4.69, 9.17) is 0 Å². The molecule has 0 amide bonds. The number of allylic oxidation sites excluding steroid dienone is 1. The van der Waals surface area contributed by atoms with E-state index in [2.05, 4.69) is 44.6 Å². The van der Waals surface area contributed by atoms with Gasteiger partial charge in [0.1, 0.15) is 0 Å². The zero-order valence-electron chi connectivity index (χ0n) is 17.8. The van der Waals surface area contributed by atoms with Crippen LogP contribution in [0.5, 0.6) is 0 Å². The van der Waals surface area contributed by atoms with Gasteiger partial charge in [0.2, 0.25) is 0 Å². The molecule has 2 nitrogen and oxygen atoms in total. The van der Waals surface area contributed by atoms with Crippen molar-refractivity contribution in [1.82, 2.24) is 10.2 Å². The molecule has 2 fully saturated rings. The summed E-state index contributed by atoms with van der Waals surface area (Å²) < 4.78 is 0. The van der Waals surface area contributed by atoms with Crippen molar-refractivity contribution in [2.24, 2.45) is 11.8 Å². The maximum absolute atomic E-state index is 4.02. The summed E-state index contributed by atoms with van der Waals surface area (Å²) in [7, 11) is 2.25. The van der Waals surface area contributed by atoms with Gasteiger partial charge in [0.25, 0.3) is 0 Å². The van der Waals surface area contributed by atoms with Crippen LogP contribution in [0.1, 0.15) is 105 Å². The molecule has 1 N–H and O–H groups in total. The fraction of sp³-hybridized carbons (Fsp3) is 0.917. The molecule has 0 bridgehead atoms. The smallest absolute Gasteiger partial charge is 0.0172 e. The fourth-order valence-electron chi connectivity index (χ4n) is 4.06. The lowest BCUT2D eigenvalue weighted by molar-refractivity contribution is 0.200. The molecule has 2 heteroatoms. The summed E-state index contributed by atoms with van der Waals surface area (Å²) in [6.07, 6.45) is 16.9. The summed E-state index contributed by atoms with van der Waals surface area (Å²) in [5.74, 6) is 1.91. The lowest BCUT2D eigenvalue weighted by Crippen LogP contribution is -2.32. The molecule has 0 spiro atoms. The maximum atomic E-state index is 4.02. The Bertz CT molecular complexity index is 325. The van der Waals surface area contributed by atoms with Gasteiger partial charge in [0.05, 0.1) is 0 Å². The minimum atomic E-state index is 0. The third-order valence-electron chi connectivity index (χ3n) is 6.07. The Morgan fingerprint density at radius 1 is 0.962 bits per heavy atom. The molecule has 0 aliphatic heterocycles. The van der Waals surface area contributed by atoms with E-state index in [0.29, 0.717) is 6.04 Å². The van der Waals surface area contributed by atoms with Crippen LogP contribution in [0, 0.1) is 11.8 Å².